The summed E-state index contributed by atoms with van der Waals surface area (Å²) in [7, 11) is 1.51. The second-order valence-electron chi connectivity index (χ2n) is 11.9. The van der Waals surface area contributed by atoms with Crippen molar-refractivity contribution in [2.24, 2.45) is 5.92 Å². The van der Waals surface area contributed by atoms with Crippen molar-refractivity contribution in [1.82, 2.24) is 45.9 Å². The van der Waals surface area contributed by atoms with Gasteiger partial charge in [-0.2, -0.15) is 5.21 Å². The molecule has 7 rings (SSSR count). The Morgan fingerprint density at radius 1 is 0.956 bits per heavy atom. The first kappa shape index (κ1) is 28.7. The van der Waals surface area contributed by atoms with Crippen LogP contribution >= 0.6 is 0 Å². The number of unbranched alkanes of at least 4 members (excludes halogenated alkanes) is 1. The number of benzene rings is 3. The summed E-state index contributed by atoms with van der Waals surface area (Å²) in [5.74, 6) is 0.107. The first-order chi connectivity index (χ1) is 21.8. The molecule has 2 amide bonds. The molecule has 2 saturated heterocycles. The van der Waals surface area contributed by atoms with Crippen molar-refractivity contribution in [3.05, 3.63) is 94.0 Å². The minimum absolute atomic E-state index is 0.142. The first-order valence-electron chi connectivity index (χ1n) is 15.1. The number of fused-ring (bicyclic) bond motifs is 2. The van der Waals surface area contributed by atoms with Gasteiger partial charge in [-0.15, -0.1) is 10.2 Å². The number of carbonyl (C=O) groups excluding carboxylic acids is 2. The molecule has 12 heteroatoms. The van der Waals surface area contributed by atoms with E-state index in [1.807, 2.05) is 73.7 Å². The highest BCUT2D eigenvalue weighted by Gasteiger charge is 2.59. The van der Waals surface area contributed by atoms with Gasteiger partial charge >= 0.3 is 0 Å². The number of carbonyl (C=O) groups is 2. The van der Waals surface area contributed by atoms with Crippen LogP contribution < -0.4 is 16.4 Å². The van der Waals surface area contributed by atoms with Gasteiger partial charge in [-0.3, -0.25) is 23.9 Å². The molecular weight excluding hydrogens is 570 g/mol. The second kappa shape index (κ2) is 11.1. The van der Waals surface area contributed by atoms with Crippen molar-refractivity contribution >= 4 is 22.7 Å². The number of nitrogens with one attached hydrogen (secondary N) is 3. The van der Waals surface area contributed by atoms with E-state index in [1.165, 1.54) is 11.9 Å². The normalized spacial score (nSPS) is 21.2. The van der Waals surface area contributed by atoms with E-state index in [9.17, 15) is 14.4 Å². The lowest BCUT2D eigenvalue weighted by molar-refractivity contribution is -0.139. The van der Waals surface area contributed by atoms with Crippen LogP contribution in [0, 0.1) is 5.92 Å². The fourth-order valence-electron chi connectivity index (χ4n) is 6.55. The molecular formula is C33H33N9O3. The number of imide groups is 1. The molecule has 2 aromatic heterocycles. The van der Waals surface area contributed by atoms with Gasteiger partial charge < -0.3 is 0 Å². The van der Waals surface area contributed by atoms with E-state index in [0.717, 1.165) is 46.5 Å². The van der Waals surface area contributed by atoms with E-state index in [4.69, 9.17) is 4.98 Å². The van der Waals surface area contributed by atoms with Gasteiger partial charge in [0.05, 0.1) is 28.9 Å². The molecule has 4 heterocycles. The quantitative estimate of drug-likeness (QED) is 0.228. The number of aromatic nitrogens is 6. The number of likely N-dealkylation sites (N-methyl/N-ethyl adjacent to an activating group) is 1. The Labute approximate surface area is 258 Å². The van der Waals surface area contributed by atoms with Crippen molar-refractivity contribution in [2.75, 3.05) is 7.05 Å². The zero-order valence-corrected chi connectivity index (χ0v) is 25.2. The molecule has 12 nitrogen and oxygen atoms in total. The lowest BCUT2D eigenvalue weighted by Gasteiger charge is -2.29. The van der Waals surface area contributed by atoms with Gasteiger partial charge in [-0.25, -0.2) is 15.8 Å². The first-order valence-corrected chi connectivity index (χ1v) is 15.1. The standard InChI is InChI=1S/C33H33N9O3/c1-4-5-10-26-34-25-16-15-21(33(2)27-28(35-38-33)32(45)41(3)31(27)44)17-24(25)30(43)42(26)18-19-11-13-20(14-12-19)22-8-6-7-9-23(22)29-36-39-40-37-29/h6-9,11-17,27-28,35,38H,4-5,10,18H2,1-3H3,(H,36,37,39,40). The number of H-pyrrole nitrogens is 1. The molecule has 0 radical (unpaired) electrons. The Balaban J connectivity index is 1.25. The molecule has 2 fully saturated rings. The maximum absolute atomic E-state index is 14.2. The number of hydrogen-bond donors (Lipinski definition) is 3. The second-order valence-corrected chi connectivity index (χ2v) is 11.9. The molecule has 45 heavy (non-hydrogen) atoms. The van der Waals surface area contributed by atoms with E-state index in [2.05, 4.69) is 38.4 Å². The maximum Gasteiger partial charge on any atom is 0.261 e. The third-order valence-electron chi connectivity index (χ3n) is 9.14. The van der Waals surface area contributed by atoms with Crippen LogP contribution in [0.15, 0.2) is 71.5 Å². The predicted molar refractivity (Wildman–Crippen MR) is 167 cm³/mol. The van der Waals surface area contributed by atoms with Crippen LogP contribution in [0.3, 0.4) is 0 Å². The van der Waals surface area contributed by atoms with Gasteiger partial charge in [-0.1, -0.05) is 67.9 Å². The fraction of sp³-hybridized carbons (Fsp3) is 0.303. The number of rotatable bonds is 8. The Bertz CT molecular complexity index is 1990. The molecule has 0 aliphatic carbocycles. The van der Waals surface area contributed by atoms with Crippen LogP contribution in [-0.2, 0) is 28.1 Å². The van der Waals surface area contributed by atoms with E-state index in [1.54, 1.807) is 4.57 Å². The average Bonchev–Trinajstić information content (AvgIpc) is 3.78. The van der Waals surface area contributed by atoms with Gasteiger partial charge in [0, 0.05) is 19.0 Å². The molecule has 3 N–H and O–H groups in total. The van der Waals surface area contributed by atoms with Gasteiger partial charge in [0.2, 0.25) is 17.6 Å². The number of hydrogen-bond acceptors (Lipinski definition) is 9. The summed E-state index contributed by atoms with van der Waals surface area (Å²) in [6.07, 6.45) is 2.56. The molecule has 2 aliphatic heterocycles. The summed E-state index contributed by atoms with van der Waals surface area (Å²) in [6.45, 7) is 4.36. The molecule has 3 atom stereocenters. The van der Waals surface area contributed by atoms with Crippen LogP contribution in [-0.4, -0.2) is 60.0 Å². The van der Waals surface area contributed by atoms with Crippen LogP contribution in [0.4, 0.5) is 0 Å². The van der Waals surface area contributed by atoms with Crippen LogP contribution in [0.5, 0.6) is 0 Å². The zero-order valence-electron chi connectivity index (χ0n) is 25.2. The monoisotopic (exact) mass is 603 g/mol. The van der Waals surface area contributed by atoms with E-state index in [-0.39, 0.29) is 17.4 Å². The van der Waals surface area contributed by atoms with Crippen LogP contribution in [0.25, 0.3) is 33.4 Å². The molecule has 3 aromatic carbocycles. The predicted octanol–water partition coefficient (Wildman–Crippen LogP) is 2.94. The highest BCUT2D eigenvalue weighted by molar-refractivity contribution is 6.08. The van der Waals surface area contributed by atoms with Crippen molar-refractivity contribution in [3.63, 3.8) is 0 Å². The average molecular weight is 604 g/mol. The zero-order chi connectivity index (χ0) is 31.3. The van der Waals surface area contributed by atoms with Gasteiger partial charge in [0.1, 0.15) is 11.9 Å². The molecule has 0 saturated carbocycles. The number of aryl methyl sites for hydroxylation is 1. The minimum atomic E-state index is -0.887. The summed E-state index contributed by atoms with van der Waals surface area (Å²) in [5, 5.41) is 15.0. The molecule has 0 spiro atoms. The van der Waals surface area contributed by atoms with E-state index < -0.39 is 17.5 Å². The summed E-state index contributed by atoms with van der Waals surface area (Å²) in [6, 6.07) is 20.9. The van der Waals surface area contributed by atoms with Crippen molar-refractivity contribution in [3.8, 4) is 22.5 Å². The summed E-state index contributed by atoms with van der Waals surface area (Å²) in [4.78, 5) is 46.0. The van der Waals surface area contributed by atoms with Crippen LogP contribution in [0.2, 0.25) is 0 Å². The maximum atomic E-state index is 14.2. The Hall–Kier alpha value is -5.07. The van der Waals surface area contributed by atoms with Crippen molar-refractivity contribution in [2.45, 2.75) is 51.2 Å². The Morgan fingerprint density at radius 2 is 1.73 bits per heavy atom. The third-order valence-corrected chi connectivity index (χ3v) is 9.14. The number of aromatic amines is 1. The SMILES string of the molecule is CCCCc1nc2ccc(C3(C)NNC4C(=O)N(C)C(=O)C43)cc2c(=O)n1Cc1ccc(-c2ccccc2-c2nn[nH]n2)cc1. The summed E-state index contributed by atoms with van der Waals surface area (Å²) >= 11 is 0. The highest BCUT2D eigenvalue weighted by atomic mass is 16.2. The topological polar surface area (TPSA) is 151 Å². The lowest BCUT2D eigenvalue weighted by Crippen LogP contribution is -2.47. The Kier molecular flexibility index (Phi) is 7.10. The number of likely N-dealkylation sites (tertiary alicyclic amines) is 1. The van der Waals surface area contributed by atoms with Crippen LogP contribution in [0.1, 0.15) is 43.6 Å². The molecule has 2 aliphatic rings. The van der Waals surface area contributed by atoms with Gasteiger partial charge in [-0.05, 0) is 52.9 Å². The summed E-state index contributed by atoms with van der Waals surface area (Å²) in [5.41, 5.74) is 10.3. The smallest absolute Gasteiger partial charge is 0.261 e. The molecule has 228 valence electrons. The molecule has 5 aromatic rings. The number of hydrazine groups is 1. The lowest BCUT2D eigenvalue weighted by atomic mass is 9.78. The largest absolute Gasteiger partial charge is 0.292 e. The number of tetrazole rings is 1. The molecule has 3 unspecified atom stereocenters. The van der Waals surface area contributed by atoms with E-state index in [0.29, 0.717) is 29.7 Å². The number of nitrogens with zero attached hydrogens (tertiary/aromatic N) is 6. The van der Waals surface area contributed by atoms with Crippen molar-refractivity contribution < 1.29 is 9.59 Å². The highest BCUT2D eigenvalue weighted by Crippen LogP contribution is 2.40. The van der Waals surface area contributed by atoms with E-state index >= 15 is 0 Å². The fourth-order valence-corrected chi connectivity index (χ4v) is 6.55. The number of amides is 2. The molecule has 0 bridgehead atoms. The Morgan fingerprint density at radius 3 is 2.47 bits per heavy atom. The van der Waals surface area contributed by atoms with Gasteiger partial charge in [0.25, 0.3) is 5.56 Å². The van der Waals surface area contributed by atoms with Gasteiger partial charge in [0.15, 0.2) is 0 Å². The minimum Gasteiger partial charge on any atom is -0.292 e. The summed E-state index contributed by atoms with van der Waals surface area (Å²) < 4.78 is 1.76. The van der Waals surface area contributed by atoms with Crippen molar-refractivity contribution in [1.29, 1.82) is 0 Å². The third kappa shape index (κ3) is 4.73.